The molecule has 0 amide bonds. The fourth-order valence-corrected chi connectivity index (χ4v) is 5.96. The van der Waals surface area contributed by atoms with Crippen LogP contribution in [-0.4, -0.2) is 17.6 Å². The molecule has 4 rings (SSSR count). The van der Waals surface area contributed by atoms with Crippen LogP contribution in [0.3, 0.4) is 0 Å². The lowest BCUT2D eigenvalue weighted by Gasteiger charge is -2.52. The van der Waals surface area contributed by atoms with Crippen molar-refractivity contribution in [2.24, 2.45) is 17.3 Å². The number of halogens is 1. The Balaban J connectivity index is 0.00000182. The molecule has 0 heterocycles. The van der Waals surface area contributed by atoms with Crippen molar-refractivity contribution in [3.8, 4) is 18.1 Å². The SMILES string of the molecule is C.C#CC1(O)CCC2C3CCc4cc(OCF)ccc4C3CCC21C. The second-order valence-corrected chi connectivity index (χ2v) is 8.03. The quantitative estimate of drug-likeness (QED) is 0.777. The van der Waals surface area contributed by atoms with E-state index in [0.29, 0.717) is 23.5 Å². The lowest BCUT2D eigenvalue weighted by Crippen LogP contribution is -2.50. The molecule has 5 unspecified atom stereocenters. The number of benzene rings is 1. The first-order valence-electron chi connectivity index (χ1n) is 9.04. The fourth-order valence-electron chi connectivity index (χ4n) is 5.96. The zero-order valence-corrected chi connectivity index (χ0v) is 14.2. The van der Waals surface area contributed by atoms with Crippen molar-refractivity contribution in [1.82, 2.24) is 0 Å². The first-order chi connectivity index (χ1) is 11.5. The third-order valence-corrected chi connectivity index (χ3v) is 7.31. The Kier molecular flexibility index (Phi) is 4.62. The Hall–Kier alpha value is -1.53. The van der Waals surface area contributed by atoms with Crippen molar-refractivity contribution < 1.29 is 14.2 Å². The molecular formula is C22H29FO2. The van der Waals surface area contributed by atoms with Gasteiger partial charge in [0.05, 0.1) is 0 Å². The number of hydrogen-bond acceptors (Lipinski definition) is 2. The Morgan fingerprint density at radius 2 is 2.12 bits per heavy atom. The molecule has 0 bridgehead atoms. The number of aryl methyl sites for hydroxylation is 1. The van der Waals surface area contributed by atoms with E-state index in [9.17, 15) is 9.50 Å². The van der Waals surface area contributed by atoms with Gasteiger partial charge in [0.15, 0.2) is 0 Å². The van der Waals surface area contributed by atoms with E-state index in [1.54, 1.807) is 0 Å². The van der Waals surface area contributed by atoms with Gasteiger partial charge in [0.25, 0.3) is 0 Å². The molecule has 5 atom stereocenters. The standard InChI is InChI=1S/C21H25FO2.CH4/c1-3-21(23)11-9-19-18-6-4-14-12-15(24-13-22)5-7-16(14)17(18)8-10-20(19,21)2;/h1,5,7,12,17-19,23H,4,6,8-11,13H2,2H3;1H4. The fraction of sp³-hybridized carbons (Fsp3) is 0.636. The highest BCUT2D eigenvalue weighted by Gasteiger charge is 2.61. The van der Waals surface area contributed by atoms with Gasteiger partial charge in [-0.05, 0) is 79.5 Å². The van der Waals surface area contributed by atoms with Gasteiger partial charge in [-0.15, -0.1) is 6.42 Å². The zero-order valence-electron chi connectivity index (χ0n) is 14.2. The van der Waals surface area contributed by atoms with E-state index in [1.165, 1.54) is 11.1 Å². The van der Waals surface area contributed by atoms with Crippen molar-refractivity contribution in [2.45, 2.75) is 64.4 Å². The van der Waals surface area contributed by atoms with E-state index in [-0.39, 0.29) is 12.8 Å². The molecule has 2 saturated carbocycles. The minimum atomic E-state index is -0.943. The van der Waals surface area contributed by atoms with Crippen LogP contribution in [0.25, 0.3) is 0 Å². The highest BCUT2D eigenvalue weighted by atomic mass is 19.1. The number of terminal acetylenes is 1. The maximum atomic E-state index is 12.4. The van der Waals surface area contributed by atoms with Crippen LogP contribution in [0.2, 0.25) is 0 Å². The molecule has 2 fully saturated rings. The maximum Gasteiger partial charge on any atom is 0.228 e. The number of ether oxygens (including phenoxy) is 1. The topological polar surface area (TPSA) is 29.5 Å². The molecule has 25 heavy (non-hydrogen) atoms. The summed E-state index contributed by atoms with van der Waals surface area (Å²) in [6, 6.07) is 6.02. The minimum Gasteiger partial charge on any atom is -0.463 e. The Bertz CT molecular complexity index is 694. The average molecular weight is 344 g/mol. The number of hydrogen-bond donors (Lipinski definition) is 1. The van der Waals surface area contributed by atoms with Gasteiger partial charge in [-0.1, -0.05) is 26.3 Å². The zero-order chi connectivity index (χ0) is 16.9. The first-order valence-corrected chi connectivity index (χ1v) is 9.04. The third kappa shape index (κ3) is 2.49. The monoisotopic (exact) mass is 344 g/mol. The number of alkyl halides is 1. The van der Waals surface area contributed by atoms with Gasteiger partial charge >= 0.3 is 0 Å². The Morgan fingerprint density at radius 3 is 2.84 bits per heavy atom. The molecule has 136 valence electrons. The van der Waals surface area contributed by atoms with E-state index in [1.807, 2.05) is 12.1 Å². The van der Waals surface area contributed by atoms with Gasteiger partial charge in [0, 0.05) is 5.41 Å². The maximum absolute atomic E-state index is 12.4. The van der Waals surface area contributed by atoms with Gasteiger partial charge in [0.1, 0.15) is 11.4 Å². The van der Waals surface area contributed by atoms with Crippen LogP contribution in [0.5, 0.6) is 5.75 Å². The number of rotatable bonds is 2. The van der Waals surface area contributed by atoms with Crippen LogP contribution >= 0.6 is 0 Å². The van der Waals surface area contributed by atoms with Gasteiger partial charge in [-0.3, -0.25) is 0 Å². The van der Waals surface area contributed by atoms with Crippen molar-refractivity contribution >= 4 is 0 Å². The predicted octanol–water partition coefficient (Wildman–Crippen LogP) is 4.85. The molecule has 1 N–H and O–H groups in total. The van der Waals surface area contributed by atoms with E-state index in [2.05, 4.69) is 18.9 Å². The summed E-state index contributed by atoms with van der Waals surface area (Å²) in [5.74, 6) is 4.96. The second-order valence-electron chi connectivity index (χ2n) is 8.03. The van der Waals surface area contributed by atoms with Crippen LogP contribution in [0.1, 0.15) is 63.5 Å². The van der Waals surface area contributed by atoms with Gasteiger partial charge in [-0.2, -0.15) is 0 Å². The van der Waals surface area contributed by atoms with Crippen LogP contribution in [-0.2, 0) is 6.42 Å². The third-order valence-electron chi connectivity index (χ3n) is 7.31. The summed E-state index contributed by atoms with van der Waals surface area (Å²) in [6.45, 7) is 1.42. The summed E-state index contributed by atoms with van der Waals surface area (Å²) in [5, 5.41) is 10.9. The molecular weight excluding hydrogens is 315 g/mol. The summed E-state index contributed by atoms with van der Waals surface area (Å²) in [4.78, 5) is 0. The van der Waals surface area contributed by atoms with Crippen molar-refractivity contribution in [3.05, 3.63) is 29.3 Å². The largest absolute Gasteiger partial charge is 0.463 e. The first kappa shape index (κ1) is 18.3. The molecule has 2 nitrogen and oxygen atoms in total. The van der Waals surface area contributed by atoms with Crippen LogP contribution in [0.4, 0.5) is 4.39 Å². The van der Waals surface area contributed by atoms with E-state index >= 15 is 0 Å². The normalized spacial score (nSPS) is 38.6. The molecule has 0 spiro atoms. The predicted molar refractivity (Wildman–Crippen MR) is 98.2 cm³/mol. The number of aliphatic hydroxyl groups is 1. The van der Waals surface area contributed by atoms with E-state index in [0.717, 1.165) is 38.5 Å². The molecule has 3 aliphatic rings. The van der Waals surface area contributed by atoms with Crippen molar-refractivity contribution in [1.29, 1.82) is 0 Å². The Labute approximate surface area is 150 Å². The lowest BCUT2D eigenvalue weighted by molar-refractivity contribution is -0.0646. The van der Waals surface area contributed by atoms with Crippen LogP contribution in [0.15, 0.2) is 18.2 Å². The molecule has 3 heteroatoms. The number of fused-ring (bicyclic) bond motifs is 5. The molecule has 0 saturated heterocycles. The smallest absolute Gasteiger partial charge is 0.228 e. The molecule has 0 aromatic heterocycles. The van der Waals surface area contributed by atoms with Crippen molar-refractivity contribution in [3.63, 3.8) is 0 Å². The van der Waals surface area contributed by atoms with Crippen LogP contribution < -0.4 is 4.74 Å². The van der Waals surface area contributed by atoms with Crippen LogP contribution in [0, 0.1) is 29.6 Å². The molecule has 0 radical (unpaired) electrons. The minimum absolute atomic E-state index is 0. The van der Waals surface area contributed by atoms with Gasteiger partial charge in [0.2, 0.25) is 6.86 Å². The summed E-state index contributed by atoms with van der Waals surface area (Å²) < 4.78 is 17.4. The highest BCUT2D eigenvalue weighted by molar-refractivity contribution is 5.41. The Morgan fingerprint density at radius 1 is 1.32 bits per heavy atom. The van der Waals surface area contributed by atoms with E-state index in [4.69, 9.17) is 11.2 Å². The summed E-state index contributed by atoms with van der Waals surface area (Å²) in [7, 11) is 0. The molecule has 3 aliphatic carbocycles. The summed E-state index contributed by atoms with van der Waals surface area (Å²) in [6.07, 6.45) is 11.6. The summed E-state index contributed by atoms with van der Waals surface area (Å²) >= 11 is 0. The summed E-state index contributed by atoms with van der Waals surface area (Å²) in [5.41, 5.74) is 1.60. The van der Waals surface area contributed by atoms with Gasteiger partial charge in [-0.25, -0.2) is 4.39 Å². The average Bonchev–Trinajstić information content (AvgIpc) is 2.87. The van der Waals surface area contributed by atoms with Gasteiger partial charge < -0.3 is 9.84 Å². The molecule has 0 aliphatic heterocycles. The van der Waals surface area contributed by atoms with E-state index < -0.39 is 12.5 Å². The highest BCUT2D eigenvalue weighted by Crippen LogP contribution is 2.64. The second kappa shape index (κ2) is 6.32. The lowest BCUT2D eigenvalue weighted by atomic mass is 9.53. The molecule has 1 aromatic rings. The molecule has 1 aromatic carbocycles. The van der Waals surface area contributed by atoms with Crippen molar-refractivity contribution in [2.75, 3.05) is 6.86 Å².